The summed E-state index contributed by atoms with van der Waals surface area (Å²) in [7, 11) is 1.62. The Morgan fingerprint density at radius 2 is 2.10 bits per heavy atom. The number of hydrogen-bond donors (Lipinski definition) is 1. The summed E-state index contributed by atoms with van der Waals surface area (Å²) in [6.07, 6.45) is 1.82. The van der Waals surface area contributed by atoms with Gasteiger partial charge in [0.15, 0.2) is 5.17 Å². The van der Waals surface area contributed by atoms with Gasteiger partial charge in [-0.15, -0.1) is 0 Å². The third kappa shape index (κ3) is 3.55. The Balaban J connectivity index is 1.52. The van der Waals surface area contributed by atoms with Crippen LogP contribution in [0.4, 0.5) is 0 Å². The van der Waals surface area contributed by atoms with Gasteiger partial charge in [-0.3, -0.25) is 4.99 Å². The van der Waals surface area contributed by atoms with Crippen molar-refractivity contribution >= 4 is 16.9 Å². The van der Waals surface area contributed by atoms with Crippen molar-refractivity contribution in [1.29, 1.82) is 0 Å². The third-order valence-corrected chi connectivity index (χ3v) is 4.48. The number of methoxy groups -OCH3 is 1. The number of nitrogens with zero attached hydrogens (tertiary/aromatic N) is 2. The Labute approximate surface area is 128 Å². The van der Waals surface area contributed by atoms with Crippen molar-refractivity contribution in [2.45, 2.75) is 11.8 Å². The fourth-order valence-corrected chi connectivity index (χ4v) is 3.14. The molecule has 2 heterocycles. The van der Waals surface area contributed by atoms with E-state index in [1.54, 1.807) is 18.9 Å². The molecule has 0 spiro atoms. The van der Waals surface area contributed by atoms with Gasteiger partial charge in [-0.1, -0.05) is 48.2 Å². The van der Waals surface area contributed by atoms with Gasteiger partial charge in [0.1, 0.15) is 0 Å². The van der Waals surface area contributed by atoms with Crippen LogP contribution >= 0.6 is 11.8 Å². The predicted octanol–water partition coefficient (Wildman–Crippen LogP) is 3.02. The average Bonchev–Trinajstić information content (AvgIpc) is 3.03. The molecule has 21 heavy (non-hydrogen) atoms. The first-order valence-electron chi connectivity index (χ1n) is 6.84. The Morgan fingerprint density at radius 1 is 1.24 bits per heavy atom. The van der Waals surface area contributed by atoms with E-state index in [2.05, 4.69) is 39.6 Å². The van der Waals surface area contributed by atoms with Crippen LogP contribution in [0, 0.1) is 0 Å². The van der Waals surface area contributed by atoms with Crippen LogP contribution < -0.4 is 10.1 Å². The normalized spacial score (nSPS) is 17.4. The van der Waals surface area contributed by atoms with E-state index in [1.807, 2.05) is 24.4 Å². The highest BCUT2D eigenvalue weighted by atomic mass is 32.2. The molecular formula is C16H17N3OS. The van der Waals surface area contributed by atoms with Crippen LogP contribution in [0.3, 0.4) is 0 Å². The quantitative estimate of drug-likeness (QED) is 0.942. The lowest BCUT2D eigenvalue weighted by Crippen LogP contribution is -2.18. The molecule has 1 atom stereocenters. The van der Waals surface area contributed by atoms with Gasteiger partial charge in [-0.25, -0.2) is 4.98 Å². The summed E-state index contributed by atoms with van der Waals surface area (Å²) in [4.78, 5) is 8.76. The standard InChI is InChI=1S/C16H17N3OS/c1-20-15-8-7-12(9-17-15)10-18-16-19-11-14(21-16)13-5-3-2-4-6-13/h2-9,14H,10-11H2,1H3,(H,18,19). The van der Waals surface area contributed by atoms with Crippen LogP contribution in [0.2, 0.25) is 0 Å². The van der Waals surface area contributed by atoms with Crippen molar-refractivity contribution in [2.75, 3.05) is 13.7 Å². The molecule has 0 saturated heterocycles. The van der Waals surface area contributed by atoms with E-state index in [-0.39, 0.29) is 0 Å². The van der Waals surface area contributed by atoms with Crippen LogP contribution in [0.1, 0.15) is 16.4 Å². The molecule has 1 aromatic heterocycles. The number of nitrogens with one attached hydrogen (secondary N) is 1. The summed E-state index contributed by atoms with van der Waals surface area (Å²) in [6.45, 7) is 1.56. The second-order valence-electron chi connectivity index (χ2n) is 4.73. The fourth-order valence-electron chi connectivity index (χ4n) is 2.13. The van der Waals surface area contributed by atoms with Crippen LogP contribution in [-0.4, -0.2) is 23.8 Å². The number of amidine groups is 1. The number of benzene rings is 1. The van der Waals surface area contributed by atoms with E-state index in [0.29, 0.717) is 11.1 Å². The number of ether oxygens (including phenoxy) is 1. The maximum Gasteiger partial charge on any atom is 0.212 e. The van der Waals surface area contributed by atoms with Crippen molar-refractivity contribution in [1.82, 2.24) is 10.3 Å². The van der Waals surface area contributed by atoms with Gasteiger partial charge in [0.25, 0.3) is 0 Å². The highest BCUT2D eigenvalue weighted by Crippen LogP contribution is 2.34. The van der Waals surface area contributed by atoms with Crippen molar-refractivity contribution in [3.8, 4) is 5.88 Å². The molecule has 1 aromatic carbocycles. The molecule has 3 rings (SSSR count). The molecule has 4 nitrogen and oxygen atoms in total. The third-order valence-electron chi connectivity index (χ3n) is 3.28. The van der Waals surface area contributed by atoms with Crippen LogP contribution in [0.25, 0.3) is 0 Å². The van der Waals surface area contributed by atoms with Crippen molar-refractivity contribution < 1.29 is 4.74 Å². The van der Waals surface area contributed by atoms with E-state index in [4.69, 9.17) is 4.74 Å². The van der Waals surface area contributed by atoms with E-state index >= 15 is 0 Å². The molecule has 0 bridgehead atoms. The maximum absolute atomic E-state index is 5.05. The van der Waals surface area contributed by atoms with Gasteiger partial charge >= 0.3 is 0 Å². The summed E-state index contributed by atoms with van der Waals surface area (Å²) in [5, 5.41) is 4.79. The number of aromatic nitrogens is 1. The van der Waals surface area contributed by atoms with Crippen LogP contribution in [0.15, 0.2) is 53.7 Å². The Hall–Kier alpha value is -2.01. The first kappa shape index (κ1) is 13.9. The second-order valence-corrected chi connectivity index (χ2v) is 5.92. The molecule has 0 fully saturated rings. The molecule has 0 amide bonds. The van der Waals surface area contributed by atoms with E-state index in [0.717, 1.165) is 23.8 Å². The van der Waals surface area contributed by atoms with Gasteiger partial charge in [-0.2, -0.15) is 0 Å². The van der Waals surface area contributed by atoms with Crippen LogP contribution in [0.5, 0.6) is 5.88 Å². The first-order valence-corrected chi connectivity index (χ1v) is 7.72. The topological polar surface area (TPSA) is 46.5 Å². The number of pyridine rings is 1. The molecule has 1 N–H and O–H groups in total. The molecule has 5 heteroatoms. The average molecular weight is 299 g/mol. The SMILES string of the molecule is COc1ccc(CNC2=NCC(c3ccccc3)S2)cn1. The van der Waals surface area contributed by atoms with Crippen molar-refractivity contribution in [3.05, 3.63) is 59.8 Å². The van der Waals surface area contributed by atoms with Crippen molar-refractivity contribution in [2.24, 2.45) is 4.99 Å². The van der Waals surface area contributed by atoms with Gasteiger partial charge in [0.05, 0.1) is 18.9 Å². The minimum atomic E-state index is 0.419. The zero-order chi connectivity index (χ0) is 14.5. The fraction of sp³-hybridized carbons (Fsp3) is 0.250. The molecule has 0 aliphatic carbocycles. The molecule has 0 saturated carbocycles. The lowest BCUT2D eigenvalue weighted by Gasteiger charge is -2.09. The molecule has 1 aliphatic heterocycles. The summed E-state index contributed by atoms with van der Waals surface area (Å²) in [5.74, 6) is 0.635. The summed E-state index contributed by atoms with van der Waals surface area (Å²) >= 11 is 1.78. The number of hydrogen-bond acceptors (Lipinski definition) is 5. The largest absolute Gasteiger partial charge is 0.481 e. The number of thioether (sulfide) groups is 1. The van der Waals surface area contributed by atoms with Gasteiger partial charge < -0.3 is 10.1 Å². The minimum absolute atomic E-state index is 0.419. The van der Waals surface area contributed by atoms with Gasteiger partial charge in [0.2, 0.25) is 5.88 Å². The summed E-state index contributed by atoms with van der Waals surface area (Å²) < 4.78 is 5.05. The second kappa shape index (κ2) is 6.63. The van der Waals surface area contributed by atoms with Gasteiger partial charge in [-0.05, 0) is 11.1 Å². The summed E-state index contributed by atoms with van der Waals surface area (Å²) in [6, 6.07) is 14.4. The number of rotatable bonds is 4. The van der Waals surface area contributed by atoms with Crippen LogP contribution in [-0.2, 0) is 6.54 Å². The molecule has 1 unspecified atom stereocenters. The Morgan fingerprint density at radius 3 is 2.81 bits per heavy atom. The monoisotopic (exact) mass is 299 g/mol. The highest BCUT2D eigenvalue weighted by molar-refractivity contribution is 8.14. The Bertz CT molecular complexity index is 613. The number of aliphatic imine (C=N–C) groups is 1. The zero-order valence-corrected chi connectivity index (χ0v) is 12.6. The van der Waals surface area contributed by atoms with E-state index in [1.165, 1.54) is 5.56 Å². The highest BCUT2D eigenvalue weighted by Gasteiger charge is 2.20. The predicted molar refractivity (Wildman–Crippen MR) is 86.7 cm³/mol. The lowest BCUT2D eigenvalue weighted by molar-refractivity contribution is 0.397. The summed E-state index contributed by atoms with van der Waals surface area (Å²) in [5.41, 5.74) is 2.44. The zero-order valence-electron chi connectivity index (χ0n) is 11.8. The molecule has 2 aromatic rings. The minimum Gasteiger partial charge on any atom is -0.481 e. The maximum atomic E-state index is 5.05. The van der Waals surface area contributed by atoms with Crippen molar-refractivity contribution in [3.63, 3.8) is 0 Å². The molecular weight excluding hydrogens is 282 g/mol. The van der Waals surface area contributed by atoms with E-state index < -0.39 is 0 Å². The van der Waals surface area contributed by atoms with E-state index in [9.17, 15) is 0 Å². The molecule has 108 valence electrons. The lowest BCUT2D eigenvalue weighted by atomic mass is 10.1. The molecule has 0 radical (unpaired) electrons. The smallest absolute Gasteiger partial charge is 0.212 e. The Kier molecular flexibility index (Phi) is 4.40. The van der Waals surface area contributed by atoms with Gasteiger partial charge in [0, 0.05) is 18.8 Å². The first-order chi connectivity index (χ1) is 10.3. The molecule has 1 aliphatic rings.